The van der Waals surface area contributed by atoms with Crippen molar-refractivity contribution in [3.8, 4) is 0 Å². The molecule has 0 aromatic heterocycles. The van der Waals surface area contributed by atoms with Crippen molar-refractivity contribution >= 4 is 8.80 Å². The van der Waals surface area contributed by atoms with Crippen molar-refractivity contribution in [2.45, 2.75) is 50.4 Å². The molecule has 1 aromatic carbocycles. The Morgan fingerprint density at radius 3 is 2.76 bits per heavy atom. The summed E-state index contributed by atoms with van der Waals surface area (Å²) in [7, 11) is -0.647. The van der Waals surface area contributed by atoms with E-state index < -0.39 is 8.80 Å². The molecule has 0 bridgehead atoms. The Balaban J connectivity index is 1.67. The summed E-state index contributed by atoms with van der Waals surface area (Å²) in [6.07, 6.45) is 6.59. The van der Waals surface area contributed by atoms with Crippen LogP contribution in [0.2, 0.25) is 12.6 Å². The van der Waals surface area contributed by atoms with Crippen molar-refractivity contribution in [1.82, 2.24) is 0 Å². The molecular formula is C15H24OSi. The molecule has 2 heteroatoms. The Bertz CT molecular complexity index is 306. The van der Waals surface area contributed by atoms with Crippen molar-refractivity contribution in [1.29, 1.82) is 0 Å². The van der Waals surface area contributed by atoms with Crippen molar-refractivity contribution in [3.63, 3.8) is 0 Å². The van der Waals surface area contributed by atoms with Crippen molar-refractivity contribution in [2.24, 2.45) is 0 Å². The summed E-state index contributed by atoms with van der Waals surface area (Å²) < 4.78 is 5.90. The lowest BCUT2D eigenvalue weighted by molar-refractivity contribution is 0.0625. The molecule has 1 aliphatic heterocycles. The Hall–Kier alpha value is -0.603. The number of hydrogen-bond donors (Lipinski definition) is 0. The zero-order valence-electron chi connectivity index (χ0n) is 10.9. The number of aryl methyl sites for hydroxylation is 1. The SMILES string of the molecule is C[SiH](CCCc1ccccc1)C1CCCCO1. The highest BCUT2D eigenvalue weighted by Crippen LogP contribution is 2.18. The third-order valence-electron chi connectivity index (χ3n) is 3.82. The third kappa shape index (κ3) is 4.28. The van der Waals surface area contributed by atoms with Gasteiger partial charge in [-0.2, -0.15) is 0 Å². The number of rotatable bonds is 5. The van der Waals surface area contributed by atoms with Crippen molar-refractivity contribution < 1.29 is 4.74 Å². The Kier molecular flexibility index (Phi) is 5.27. The van der Waals surface area contributed by atoms with Gasteiger partial charge < -0.3 is 4.74 Å². The van der Waals surface area contributed by atoms with Crippen LogP contribution < -0.4 is 0 Å². The van der Waals surface area contributed by atoms with E-state index in [0.29, 0.717) is 5.73 Å². The standard InChI is InChI=1S/C15H24OSi/c1-17(15-11-5-6-12-16-15)13-7-10-14-8-3-2-4-9-14/h2-4,8-9,15,17H,5-7,10-13H2,1H3. The molecule has 0 aliphatic carbocycles. The summed E-state index contributed by atoms with van der Waals surface area (Å²) in [5.41, 5.74) is 2.15. The molecule has 2 unspecified atom stereocenters. The van der Waals surface area contributed by atoms with Gasteiger partial charge in [-0.3, -0.25) is 0 Å². The largest absolute Gasteiger partial charge is 0.382 e. The second-order valence-corrected chi connectivity index (χ2v) is 8.54. The van der Waals surface area contributed by atoms with Gasteiger partial charge in [-0.25, -0.2) is 0 Å². The summed E-state index contributed by atoms with van der Waals surface area (Å²) in [5.74, 6) is 0. The first-order valence-electron chi connectivity index (χ1n) is 7.02. The smallest absolute Gasteiger partial charge is 0.0686 e. The lowest BCUT2D eigenvalue weighted by atomic mass is 10.1. The van der Waals surface area contributed by atoms with E-state index in [9.17, 15) is 0 Å². The van der Waals surface area contributed by atoms with Gasteiger partial charge in [-0.05, 0) is 31.2 Å². The van der Waals surface area contributed by atoms with E-state index in [-0.39, 0.29) is 0 Å². The molecule has 1 aromatic rings. The minimum atomic E-state index is -0.647. The van der Waals surface area contributed by atoms with E-state index >= 15 is 0 Å². The lowest BCUT2D eigenvalue weighted by Gasteiger charge is -2.27. The molecule has 0 saturated carbocycles. The highest BCUT2D eigenvalue weighted by molar-refractivity contribution is 6.58. The van der Waals surface area contributed by atoms with Crippen LogP contribution in [0, 0.1) is 0 Å². The van der Waals surface area contributed by atoms with E-state index in [1.165, 1.54) is 43.7 Å². The highest BCUT2D eigenvalue weighted by Gasteiger charge is 2.21. The Morgan fingerprint density at radius 1 is 1.24 bits per heavy atom. The van der Waals surface area contributed by atoms with Gasteiger partial charge in [0.15, 0.2) is 0 Å². The average molecular weight is 248 g/mol. The van der Waals surface area contributed by atoms with Gasteiger partial charge in [0.1, 0.15) is 0 Å². The number of benzene rings is 1. The van der Waals surface area contributed by atoms with Crippen LogP contribution in [0.3, 0.4) is 0 Å². The van der Waals surface area contributed by atoms with E-state index in [1.54, 1.807) is 0 Å². The quantitative estimate of drug-likeness (QED) is 0.724. The molecule has 0 spiro atoms. The first-order chi connectivity index (χ1) is 8.36. The van der Waals surface area contributed by atoms with E-state index in [0.717, 1.165) is 6.61 Å². The second-order valence-electron chi connectivity index (χ2n) is 5.26. The van der Waals surface area contributed by atoms with E-state index in [4.69, 9.17) is 4.74 Å². The van der Waals surface area contributed by atoms with Crippen LogP contribution >= 0.6 is 0 Å². The van der Waals surface area contributed by atoms with Crippen LogP contribution in [-0.4, -0.2) is 21.1 Å². The minimum Gasteiger partial charge on any atom is -0.382 e. The fraction of sp³-hybridized carbons (Fsp3) is 0.600. The van der Waals surface area contributed by atoms with Gasteiger partial charge in [0, 0.05) is 12.3 Å². The Labute approximate surface area is 107 Å². The maximum absolute atomic E-state index is 5.90. The molecule has 1 saturated heterocycles. The summed E-state index contributed by atoms with van der Waals surface area (Å²) >= 11 is 0. The van der Waals surface area contributed by atoms with Crippen LogP contribution in [0.5, 0.6) is 0 Å². The summed E-state index contributed by atoms with van der Waals surface area (Å²) in [5, 5.41) is 0. The maximum atomic E-state index is 5.90. The van der Waals surface area contributed by atoms with E-state index in [2.05, 4.69) is 36.9 Å². The molecule has 17 heavy (non-hydrogen) atoms. The molecule has 1 nitrogen and oxygen atoms in total. The molecular weight excluding hydrogens is 224 g/mol. The number of ether oxygens (including phenoxy) is 1. The zero-order chi connectivity index (χ0) is 11.9. The first kappa shape index (κ1) is 12.8. The topological polar surface area (TPSA) is 9.23 Å². The predicted molar refractivity (Wildman–Crippen MR) is 76.2 cm³/mol. The van der Waals surface area contributed by atoms with E-state index in [1.807, 2.05) is 0 Å². The summed E-state index contributed by atoms with van der Waals surface area (Å²) in [6.45, 7) is 3.50. The molecule has 2 atom stereocenters. The first-order valence-corrected chi connectivity index (χ1v) is 9.65. The fourth-order valence-corrected chi connectivity index (χ4v) is 5.16. The van der Waals surface area contributed by atoms with Crippen LogP contribution in [0.15, 0.2) is 30.3 Å². The van der Waals surface area contributed by atoms with Crippen molar-refractivity contribution in [3.05, 3.63) is 35.9 Å². The monoisotopic (exact) mass is 248 g/mol. The summed E-state index contributed by atoms with van der Waals surface area (Å²) in [6, 6.07) is 12.3. The minimum absolute atomic E-state index is 0.647. The van der Waals surface area contributed by atoms with Crippen molar-refractivity contribution in [2.75, 3.05) is 6.61 Å². The van der Waals surface area contributed by atoms with Crippen LogP contribution in [0.4, 0.5) is 0 Å². The van der Waals surface area contributed by atoms with Gasteiger partial charge in [0.25, 0.3) is 0 Å². The molecule has 1 aliphatic rings. The molecule has 2 rings (SSSR count). The van der Waals surface area contributed by atoms with Gasteiger partial charge in [-0.15, -0.1) is 0 Å². The maximum Gasteiger partial charge on any atom is 0.0686 e. The summed E-state index contributed by atoms with van der Waals surface area (Å²) in [4.78, 5) is 0. The lowest BCUT2D eigenvalue weighted by Crippen LogP contribution is -2.33. The van der Waals surface area contributed by atoms with Gasteiger partial charge >= 0.3 is 0 Å². The van der Waals surface area contributed by atoms with Gasteiger partial charge in [-0.1, -0.05) is 49.3 Å². The van der Waals surface area contributed by atoms with Gasteiger partial charge in [0.05, 0.1) is 8.80 Å². The fourth-order valence-electron chi connectivity index (χ4n) is 2.67. The van der Waals surface area contributed by atoms with Crippen LogP contribution in [0.1, 0.15) is 31.2 Å². The number of hydrogen-bond acceptors (Lipinski definition) is 1. The average Bonchev–Trinajstić information content (AvgIpc) is 2.41. The highest BCUT2D eigenvalue weighted by atomic mass is 28.3. The Morgan fingerprint density at radius 2 is 2.06 bits per heavy atom. The molecule has 0 radical (unpaired) electrons. The molecule has 94 valence electrons. The zero-order valence-corrected chi connectivity index (χ0v) is 12.1. The van der Waals surface area contributed by atoms with Crippen LogP contribution in [0.25, 0.3) is 0 Å². The predicted octanol–water partition coefficient (Wildman–Crippen LogP) is 3.58. The second kappa shape index (κ2) is 6.97. The molecule has 1 fully saturated rings. The van der Waals surface area contributed by atoms with Gasteiger partial charge in [0.2, 0.25) is 0 Å². The molecule has 0 N–H and O–H groups in total. The molecule has 0 amide bonds. The molecule has 1 heterocycles. The van der Waals surface area contributed by atoms with Crippen LogP contribution in [-0.2, 0) is 11.2 Å². The third-order valence-corrected chi connectivity index (χ3v) is 6.93. The normalized spacial score (nSPS) is 22.3.